The van der Waals surface area contributed by atoms with E-state index >= 15 is 0 Å². The molecule has 28 heavy (non-hydrogen) atoms. The molecule has 1 aromatic carbocycles. The standard InChI is InChI=1S/C19H20F3N5O/c1-12(19(20,21)22)5-10-15-25-17(26(3)4)16(24-2)18(28)27(15)14-8-6-13(11-23)7-9-14/h6-9,12H,2,5,10H2,1,3-4H3. The smallest absolute Gasteiger partial charge is 0.361 e. The Labute approximate surface area is 160 Å². The van der Waals surface area contributed by atoms with Crippen molar-refractivity contribution < 1.29 is 13.2 Å². The molecular weight excluding hydrogens is 371 g/mol. The number of alkyl halides is 3. The molecule has 6 nitrogen and oxygen atoms in total. The minimum Gasteiger partial charge on any atom is -0.361 e. The second kappa shape index (κ2) is 8.25. The highest BCUT2D eigenvalue weighted by molar-refractivity contribution is 5.64. The lowest BCUT2D eigenvalue weighted by atomic mass is 10.0. The Morgan fingerprint density at radius 3 is 2.39 bits per heavy atom. The van der Waals surface area contributed by atoms with Gasteiger partial charge in [0.15, 0.2) is 11.5 Å². The van der Waals surface area contributed by atoms with E-state index < -0.39 is 17.7 Å². The van der Waals surface area contributed by atoms with Crippen LogP contribution in [0.5, 0.6) is 0 Å². The molecule has 0 saturated carbocycles. The van der Waals surface area contributed by atoms with Gasteiger partial charge in [0.1, 0.15) is 5.82 Å². The predicted molar refractivity (Wildman–Crippen MR) is 102 cm³/mol. The Kier molecular flexibility index (Phi) is 6.23. The topological polar surface area (TPSA) is 74.3 Å². The van der Waals surface area contributed by atoms with Crippen LogP contribution in [0.4, 0.5) is 24.7 Å². The highest BCUT2D eigenvalue weighted by Crippen LogP contribution is 2.30. The Morgan fingerprint density at radius 2 is 1.93 bits per heavy atom. The molecule has 0 bridgehead atoms. The highest BCUT2D eigenvalue weighted by Gasteiger charge is 2.35. The van der Waals surface area contributed by atoms with Gasteiger partial charge >= 0.3 is 6.18 Å². The predicted octanol–water partition coefficient (Wildman–Crippen LogP) is 3.63. The summed E-state index contributed by atoms with van der Waals surface area (Å²) in [6.07, 6.45) is -4.61. The van der Waals surface area contributed by atoms with Crippen LogP contribution in [-0.4, -0.2) is 36.5 Å². The summed E-state index contributed by atoms with van der Waals surface area (Å²) in [5.41, 5.74) is 0.250. The van der Waals surface area contributed by atoms with Crippen LogP contribution < -0.4 is 10.5 Å². The number of halogens is 3. The van der Waals surface area contributed by atoms with Gasteiger partial charge < -0.3 is 4.90 Å². The van der Waals surface area contributed by atoms with Crippen LogP contribution in [0.15, 0.2) is 34.1 Å². The van der Waals surface area contributed by atoms with E-state index in [0.717, 1.165) is 6.92 Å². The van der Waals surface area contributed by atoms with Gasteiger partial charge in [-0.25, -0.2) is 4.98 Å². The third-order valence-electron chi connectivity index (χ3n) is 4.31. The fourth-order valence-electron chi connectivity index (χ4n) is 2.62. The van der Waals surface area contributed by atoms with Crippen molar-refractivity contribution in [2.24, 2.45) is 10.9 Å². The molecule has 0 N–H and O–H groups in total. The van der Waals surface area contributed by atoms with Crippen LogP contribution >= 0.6 is 0 Å². The van der Waals surface area contributed by atoms with E-state index in [2.05, 4.69) is 16.7 Å². The summed E-state index contributed by atoms with van der Waals surface area (Å²) in [6, 6.07) is 8.10. The van der Waals surface area contributed by atoms with E-state index in [0.29, 0.717) is 11.3 Å². The Morgan fingerprint density at radius 1 is 1.32 bits per heavy atom. The molecule has 0 aliphatic carbocycles. The molecule has 2 aromatic rings. The second-order valence-electron chi connectivity index (χ2n) is 6.53. The third kappa shape index (κ3) is 4.39. The number of aliphatic imine (C=N–C) groups is 1. The molecular formula is C19H20F3N5O. The molecule has 1 unspecified atom stereocenters. The average molecular weight is 391 g/mol. The van der Waals surface area contributed by atoms with Crippen LogP contribution in [0.25, 0.3) is 5.69 Å². The zero-order chi connectivity index (χ0) is 21.1. The summed E-state index contributed by atoms with van der Waals surface area (Å²) in [4.78, 5) is 22.7. The van der Waals surface area contributed by atoms with Gasteiger partial charge in [0.05, 0.1) is 23.2 Å². The molecule has 2 rings (SSSR count). The van der Waals surface area contributed by atoms with Crippen molar-refractivity contribution in [3.8, 4) is 11.8 Å². The van der Waals surface area contributed by atoms with Crippen molar-refractivity contribution >= 4 is 18.2 Å². The number of aromatic nitrogens is 2. The number of hydrogen-bond acceptors (Lipinski definition) is 5. The summed E-state index contributed by atoms with van der Waals surface area (Å²) in [7, 11) is 3.31. The third-order valence-corrected chi connectivity index (χ3v) is 4.31. The molecule has 0 spiro atoms. The fourth-order valence-corrected chi connectivity index (χ4v) is 2.62. The summed E-state index contributed by atoms with van der Waals surface area (Å²) >= 11 is 0. The van der Waals surface area contributed by atoms with Gasteiger partial charge in [-0.2, -0.15) is 18.4 Å². The van der Waals surface area contributed by atoms with E-state index in [4.69, 9.17) is 5.26 Å². The van der Waals surface area contributed by atoms with Crippen molar-refractivity contribution in [1.82, 2.24) is 9.55 Å². The van der Waals surface area contributed by atoms with Gasteiger partial charge in [0, 0.05) is 20.5 Å². The minimum absolute atomic E-state index is 0.00183. The minimum atomic E-state index is -4.33. The number of hydrogen-bond donors (Lipinski definition) is 0. The summed E-state index contributed by atoms with van der Waals surface area (Å²) < 4.78 is 40.0. The van der Waals surface area contributed by atoms with Crippen LogP contribution in [0.2, 0.25) is 0 Å². The number of nitriles is 1. The molecule has 0 aliphatic rings. The first-order valence-electron chi connectivity index (χ1n) is 8.47. The molecule has 9 heteroatoms. The molecule has 0 saturated heterocycles. The van der Waals surface area contributed by atoms with Crippen LogP contribution in [0.3, 0.4) is 0 Å². The van der Waals surface area contributed by atoms with Crippen molar-refractivity contribution in [1.29, 1.82) is 5.26 Å². The number of benzene rings is 1. The first kappa shape index (κ1) is 21.2. The molecule has 1 atom stereocenters. The van der Waals surface area contributed by atoms with Gasteiger partial charge in [-0.05, 0) is 37.4 Å². The van der Waals surface area contributed by atoms with E-state index in [9.17, 15) is 18.0 Å². The first-order valence-corrected chi connectivity index (χ1v) is 8.47. The SMILES string of the molecule is C=Nc1c(N(C)C)nc(CCC(C)C(F)(F)F)n(-c2ccc(C#N)cc2)c1=O. The van der Waals surface area contributed by atoms with Gasteiger partial charge in [-0.15, -0.1) is 0 Å². The van der Waals surface area contributed by atoms with Crippen molar-refractivity contribution in [2.75, 3.05) is 19.0 Å². The Balaban J connectivity index is 2.64. The zero-order valence-electron chi connectivity index (χ0n) is 15.8. The number of nitrogens with zero attached hydrogens (tertiary/aromatic N) is 5. The lowest BCUT2D eigenvalue weighted by molar-refractivity contribution is -0.171. The Hall–Kier alpha value is -3.15. The maximum absolute atomic E-state index is 13.0. The van der Waals surface area contributed by atoms with Crippen molar-refractivity contribution in [2.45, 2.75) is 25.9 Å². The second-order valence-corrected chi connectivity index (χ2v) is 6.53. The number of anilines is 1. The van der Waals surface area contributed by atoms with E-state index in [-0.39, 0.29) is 30.2 Å². The number of rotatable bonds is 6. The van der Waals surface area contributed by atoms with Gasteiger partial charge in [-0.3, -0.25) is 14.4 Å². The summed E-state index contributed by atoms with van der Waals surface area (Å²) in [6.45, 7) is 4.51. The largest absolute Gasteiger partial charge is 0.391 e. The fraction of sp³-hybridized carbons (Fsp3) is 0.368. The van der Waals surface area contributed by atoms with Gasteiger partial charge in [-0.1, -0.05) is 6.92 Å². The monoisotopic (exact) mass is 391 g/mol. The quantitative estimate of drug-likeness (QED) is 0.705. The maximum atomic E-state index is 13.0. The van der Waals surface area contributed by atoms with Gasteiger partial charge in [0.2, 0.25) is 0 Å². The lowest BCUT2D eigenvalue weighted by Gasteiger charge is -2.20. The maximum Gasteiger partial charge on any atom is 0.391 e. The normalized spacial score (nSPS) is 12.3. The first-order chi connectivity index (χ1) is 13.1. The molecule has 1 heterocycles. The molecule has 0 amide bonds. The Bertz CT molecular complexity index is 956. The van der Waals surface area contributed by atoms with Gasteiger partial charge in [0.25, 0.3) is 5.56 Å². The molecule has 0 radical (unpaired) electrons. The van der Waals surface area contributed by atoms with E-state index in [1.807, 2.05) is 6.07 Å². The number of aryl methyl sites for hydroxylation is 1. The summed E-state index contributed by atoms with van der Waals surface area (Å²) in [5.74, 6) is -1.12. The molecule has 1 aromatic heterocycles. The summed E-state index contributed by atoms with van der Waals surface area (Å²) in [5, 5.41) is 8.94. The van der Waals surface area contributed by atoms with Crippen LogP contribution in [-0.2, 0) is 6.42 Å². The van der Waals surface area contributed by atoms with Crippen molar-refractivity contribution in [3.05, 3.63) is 46.0 Å². The van der Waals surface area contributed by atoms with E-state index in [1.54, 1.807) is 31.1 Å². The van der Waals surface area contributed by atoms with Crippen LogP contribution in [0, 0.1) is 17.2 Å². The van der Waals surface area contributed by atoms with Crippen LogP contribution in [0.1, 0.15) is 24.7 Å². The highest BCUT2D eigenvalue weighted by atomic mass is 19.4. The average Bonchev–Trinajstić information content (AvgIpc) is 2.64. The lowest BCUT2D eigenvalue weighted by Crippen LogP contribution is -2.28. The zero-order valence-corrected chi connectivity index (χ0v) is 15.8. The molecule has 0 fully saturated rings. The molecule has 148 valence electrons. The van der Waals surface area contributed by atoms with E-state index in [1.165, 1.54) is 16.7 Å². The van der Waals surface area contributed by atoms with Crippen molar-refractivity contribution in [3.63, 3.8) is 0 Å². The molecule has 0 aliphatic heterocycles.